The molecule has 0 unspecified atom stereocenters. The summed E-state index contributed by atoms with van der Waals surface area (Å²) in [5.41, 5.74) is 3.59. The van der Waals surface area contributed by atoms with Gasteiger partial charge in [0.25, 0.3) is 5.91 Å². The molecule has 0 bridgehead atoms. The Morgan fingerprint density at radius 3 is 2.68 bits per heavy atom. The highest BCUT2D eigenvalue weighted by atomic mass is 16.3. The van der Waals surface area contributed by atoms with Gasteiger partial charge >= 0.3 is 0 Å². The van der Waals surface area contributed by atoms with Crippen LogP contribution in [-0.2, 0) is 6.54 Å². The lowest BCUT2D eigenvalue weighted by Crippen LogP contribution is -2.11. The van der Waals surface area contributed by atoms with Crippen LogP contribution in [0.25, 0.3) is 0 Å². The van der Waals surface area contributed by atoms with E-state index >= 15 is 0 Å². The fourth-order valence-electron chi connectivity index (χ4n) is 2.21. The molecule has 0 aliphatic carbocycles. The molecule has 0 aliphatic rings. The van der Waals surface area contributed by atoms with Crippen molar-refractivity contribution < 1.29 is 9.21 Å². The highest BCUT2D eigenvalue weighted by Crippen LogP contribution is 2.13. The molecule has 0 atom stereocenters. The Morgan fingerprint density at radius 1 is 1.23 bits per heavy atom. The molecule has 3 rings (SSSR count). The summed E-state index contributed by atoms with van der Waals surface area (Å²) in [7, 11) is 0. The summed E-state index contributed by atoms with van der Waals surface area (Å²) in [5, 5.41) is 7.09. The number of rotatable bonds is 4. The number of furan rings is 1. The number of benzene rings is 1. The number of anilines is 1. The van der Waals surface area contributed by atoms with Gasteiger partial charge in [0.2, 0.25) is 0 Å². The molecule has 1 aromatic carbocycles. The molecule has 1 amide bonds. The SMILES string of the molecule is Cc1ccc(Cn2cc(NC(=O)c3ccoc3C)cn2)cc1. The fourth-order valence-corrected chi connectivity index (χ4v) is 2.21. The number of nitrogens with zero attached hydrogens (tertiary/aromatic N) is 2. The minimum Gasteiger partial charge on any atom is -0.469 e. The molecule has 0 saturated heterocycles. The maximum atomic E-state index is 12.1. The van der Waals surface area contributed by atoms with Crippen molar-refractivity contribution in [2.45, 2.75) is 20.4 Å². The second kappa shape index (κ2) is 5.89. The Kier molecular flexibility index (Phi) is 3.78. The van der Waals surface area contributed by atoms with Crippen LogP contribution in [0, 0.1) is 13.8 Å². The van der Waals surface area contributed by atoms with Crippen molar-refractivity contribution in [2.75, 3.05) is 5.32 Å². The van der Waals surface area contributed by atoms with E-state index in [1.807, 2.05) is 6.20 Å². The predicted octanol–water partition coefficient (Wildman–Crippen LogP) is 3.39. The molecule has 0 fully saturated rings. The molecule has 0 saturated carbocycles. The van der Waals surface area contributed by atoms with Gasteiger partial charge in [-0.25, -0.2) is 0 Å². The van der Waals surface area contributed by atoms with Crippen LogP contribution in [0.3, 0.4) is 0 Å². The van der Waals surface area contributed by atoms with Crippen LogP contribution in [0.1, 0.15) is 27.2 Å². The average Bonchev–Trinajstić information content (AvgIpc) is 3.10. The molecule has 112 valence electrons. The maximum absolute atomic E-state index is 12.1. The van der Waals surface area contributed by atoms with Gasteiger partial charge in [0.05, 0.1) is 30.3 Å². The lowest BCUT2D eigenvalue weighted by atomic mass is 10.1. The molecule has 3 aromatic rings. The Balaban J connectivity index is 1.67. The van der Waals surface area contributed by atoms with Crippen molar-refractivity contribution >= 4 is 11.6 Å². The summed E-state index contributed by atoms with van der Waals surface area (Å²) in [5.74, 6) is 0.408. The second-order valence-electron chi connectivity index (χ2n) is 5.26. The quantitative estimate of drug-likeness (QED) is 0.802. The zero-order valence-corrected chi connectivity index (χ0v) is 12.5. The molecule has 1 N–H and O–H groups in total. The Hall–Kier alpha value is -2.82. The van der Waals surface area contributed by atoms with Crippen LogP contribution < -0.4 is 5.32 Å². The first-order chi connectivity index (χ1) is 10.6. The first kappa shape index (κ1) is 14.1. The normalized spacial score (nSPS) is 10.6. The number of carbonyl (C=O) groups is 1. The minimum absolute atomic E-state index is 0.193. The van der Waals surface area contributed by atoms with Crippen LogP contribution in [-0.4, -0.2) is 15.7 Å². The molecule has 0 radical (unpaired) electrons. The van der Waals surface area contributed by atoms with Crippen molar-refractivity contribution in [3.8, 4) is 0 Å². The van der Waals surface area contributed by atoms with E-state index in [0.717, 1.165) is 5.56 Å². The molecular weight excluding hydrogens is 278 g/mol. The molecule has 2 aromatic heterocycles. The summed E-state index contributed by atoms with van der Waals surface area (Å²) in [6, 6.07) is 9.95. The van der Waals surface area contributed by atoms with E-state index in [2.05, 4.69) is 41.6 Å². The van der Waals surface area contributed by atoms with Gasteiger partial charge in [0, 0.05) is 6.20 Å². The number of aromatic nitrogens is 2. The van der Waals surface area contributed by atoms with E-state index in [1.54, 1.807) is 23.9 Å². The summed E-state index contributed by atoms with van der Waals surface area (Å²) in [4.78, 5) is 12.1. The standard InChI is InChI=1S/C17H17N3O2/c1-12-3-5-14(6-4-12)10-20-11-15(9-18-20)19-17(21)16-7-8-22-13(16)2/h3-9,11H,10H2,1-2H3,(H,19,21). The molecule has 22 heavy (non-hydrogen) atoms. The number of hydrogen-bond donors (Lipinski definition) is 1. The van der Waals surface area contributed by atoms with Crippen molar-refractivity contribution in [3.63, 3.8) is 0 Å². The summed E-state index contributed by atoms with van der Waals surface area (Å²) >= 11 is 0. The van der Waals surface area contributed by atoms with Gasteiger partial charge in [-0.05, 0) is 25.5 Å². The number of aryl methyl sites for hydroxylation is 2. The lowest BCUT2D eigenvalue weighted by molar-refractivity contribution is 0.102. The smallest absolute Gasteiger partial charge is 0.259 e. The summed E-state index contributed by atoms with van der Waals surface area (Å²) in [6.07, 6.45) is 4.96. The van der Waals surface area contributed by atoms with Gasteiger partial charge in [0.1, 0.15) is 5.76 Å². The van der Waals surface area contributed by atoms with Crippen LogP contribution in [0.4, 0.5) is 5.69 Å². The summed E-state index contributed by atoms with van der Waals surface area (Å²) < 4.78 is 6.93. The Bertz CT molecular complexity index is 784. The molecule has 0 spiro atoms. The lowest BCUT2D eigenvalue weighted by Gasteiger charge is -2.03. The predicted molar refractivity (Wildman–Crippen MR) is 83.9 cm³/mol. The van der Waals surface area contributed by atoms with Gasteiger partial charge in [-0.15, -0.1) is 0 Å². The highest BCUT2D eigenvalue weighted by molar-refractivity contribution is 6.04. The zero-order valence-electron chi connectivity index (χ0n) is 12.5. The minimum atomic E-state index is -0.193. The zero-order chi connectivity index (χ0) is 15.5. The molecule has 0 aliphatic heterocycles. The third kappa shape index (κ3) is 3.09. The Morgan fingerprint density at radius 2 is 2.00 bits per heavy atom. The van der Waals surface area contributed by atoms with Crippen molar-refractivity contribution in [2.24, 2.45) is 0 Å². The van der Waals surface area contributed by atoms with Gasteiger partial charge in [-0.2, -0.15) is 5.10 Å². The van der Waals surface area contributed by atoms with Crippen LogP contribution in [0.5, 0.6) is 0 Å². The highest BCUT2D eigenvalue weighted by Gasteiger charge is 2.12. The molecular formula is C17H17N3O2. The Labute approximate surface area is 128 Å². The largest absolute Gasteiger partial charge is 0.469 e. The van der Waals surface area contributed by atoms with Gasteiger partial charge in [-0.3, -0.25) is 9.48 Å². The third-order valence-electron chi connectivity index (χ3n) is 3.46. The topological polar surface area (TPSA) is 60.1 Å². The summed E-state index contributed by atoms with van der Waals surface area (Å²) in [6.45, 7) is 4.49. The van der Waals surface area contributed by atoms with E-state index < -0.39 is 0 Å². The maximum Gasteiger partial charge on any atom is 0.259 e. The van der Waals surface area contributed by atoms with E-state index in [1.165, 1.54) is 11.8 Å². The third-order valence-corrected chi connectivity index (χ3v) is 3.46. The molecule has 5 nitrogen and oxygen atoms in total. The van der Waals surface area contributed by atoms with Crippen LogP contribution >= 0.6 is 0 Å². The van der Waals surface area contributed by atoms with Gasteiger partial charge in [-0.1, -0.05) is 29.8 Å². The van der Waals surface area contributed by atoms with Gasteiger partial charge in [0.15, 0.2) is 0 Å². The van der Waals surface area contributed by atoms with Crippen LogP contribution in [0.2, 0.25) is 0 Å². The first-order valence-corrected chi connectivity index (χ1v) is 7.05. The van der Waals surface area contributed by atoms with E-state index in [9.17, 15) is 4.79 Å². The van der Waals surface area contributed by atoms with Crippen molar-refractivity contribution in [1.82, 2.24) is 9.78 Å². The van der Waals surface area contributed by atoms with E-state index in [4.69, 9.17) is 4.42 Å². The fraction of sp³-hybridized carbons (Fsp3) is 0.176. The van der Waals surface area contributed by atoms with E-state index in [-0.39, 0.29) is 5.91 Å². The average molecular weight is 295 g/mol. The number of hydrogen-bond acceptors (Lipinski definition) is 3. The monoisotopic (exact) mass is 295 g/mol. The molecule has 2 heterocycles. The first-order valence-electron chi connectivity index (χ1n) is 7.05. The number of amides is 1. The number of nitrogens with one attached hydrogen (secondary N) is 1. The number of carbonyl (C=O) groups excluding carboxylic acids is 1. The van der Waals surface area contributed by atoms with E-state index in [0.29, 0.717) is 23.6 Å². The second-order valence-corrected chi connectivity index (χ2v) is 5.26. The van der Waals surface area contributed by atoms with Gasteiger partial charge < -0.3 is 9.73 Å². The molecule has 5 heteroatoms. The van der Waals surface area contributed by atoms with Crippen molar-refractivity contribution in [3.05, 3.63) is 71.4 Å². The van der Waals surface area contributed by atoms with Crippen LogP contribution in [0.15, 0.2) is 53.4 Å². The van der Waals surface area contributed by atoms with Crippen molar-refractivity contribution in [1.29, 1.82) is 0 Å².